The lowest BCUT2D eigenvalue weighted by molar-refractivity contribution is -0.137. The molecule has 22 aromatic rings. The summed E-state index contributed by atoms with van der Waals surface area (Å²) in [7, 11) is 2.15. The number of anilines is 1. The molecular formula is C115H96F3N17O4. The van der Waals surface area contributed by atoms with Crippen LogP contribution in [0.5, 0.6) is 28.7 Å². The number of fused-ring (bicyclic) bond motifs is 7. The number of aromatic nitrogens is 15. The van der Waals surface area contributed by atoms with E-state index in [0.29, 0.717) is 24.1 Å². The van der Waals surface area contributed by atoms with Gasteiger partial charge in [-0.25, -0.2) is 24.9 Å². The van der Waals surface area contributed by atoms with Crippen LogP contribution in [0, 0.1) is 0 Å². The summed E-state index contributed by atoms with van der Waals surface area (Å²) >= 11 is 0. The molecule has 0 atom stereocenters. The van der Waals surface area contributed by atoms with Crippen molar-refractivity contribution in [2.75, 3.05) is 51.3 Å². The number of hydrogen-bond acceptors (Lipinski definition) is 16. The number of rotatable bonds is 15. The molecule has 0 N–H and O–H groups in total. The summed E-state index contributed by atoms with van der Waals surface area (Å²) in [5, 5.41) is 0.649. The van der Waals surface area contributed by atoms with Crippen molar-refractivity contribution < 1.29 is 32.1 Å². The van der Waals surface area contributed by atoms with Gasteiger partial charge >= 0.3 is 6.18 Å². The first kappa shape index (κ1) is 89.6. The van der Waals surface area contributed by atoms with E-state index >= 15 is 0 Å². The molecule has 17 heterocycles. The van der Waals surface area contributed by atoms with E-state index in [2.05, 4.69) is 245 Å². The second kappa shape index (κ2) is 39.7. The number of benzene rings is 7. The van der Waals surface area contributed by atoms with Gasteiger partial charge in [0.15, 0.2) is 11.5 Å². The van der Waals surface area contributed by atoms with Gasteiger partial charge in [0, 0.05) is 152 Å². The van der Waals surface area contributed by atoms with E-state index in [4.69, 9.17) is 18.9 Å². The molecule has 21 nitrogen and oxygen atoms in total. The fourth-order valence-corrected chi connectivity index (χ4v) is 17.1. The minimum absolute atomic E-state index is 0.172. The van der Waals surface area contributed by atoms with Crippen molar-refractivity contribution in [1.82, 2.24) is 76.7 Å². The third kappa shape index (κ3) is 20.3. The molecule has 0 unspecified atom stereocenters. The quantitative estimate of drug-likeness (QED) is 0.0939. The van der Waals surface area contributed by atoms with Crippen molar-refractivity contribution in [2.24, 2.45) is 0 Å². The second-order valence-electron chi connectivity index (χ2n) is 35.1. The van der Waals surface area contributed by atoms with Crippen LogP contribution in [0.1, 0.15) is 45.7 Å². The van der Waals surface area contributed by atoms with Crippen LogP contribution in [-0.4, -0.2) is 129 Å². The zero-order chi connectivity index (χ0) is 94.9. The van der Waals surface area contributed by atoms with Crippen molar-refractivity contribution in [3.63, 3.8) is 0 Å². The van der Waals surface area contributed by atoms with Crippen LogP contribution >= 0.6 is 0 Å². The Hall–Kier alpha value is -17.3. The summed E-state index contributed by atoms with van der Waals surface area (Å²) in [5.74, 6) is 4.14. The van der Waals surface area contributed by atoms with Crippen LogP contribution in [0.15, 0.2) is 397 Å². The Kier molecular flexibility index (Phi) is 25.6. The summed E-state index contributed by atoms with van der Waals surface area (Å²) in [6, 6.07) is 91.9. The molecule has 15 aromatic heterocycles. The SMILES string of the molecule is CC(C)(C)c1ccc(-c2ccn3c(-c4ccncc4)cnc3c2)cc1.CC(C)Oc1ccc(-c2ccn3c(-c4ccncc4)cnc3c2)cc1.CN1CCN(c2ccc(-c3ccn4c(-c5ccnc6cc(C(F)(F)F)ccc56)cnc4c3)cc2)CC1.c1cc(-c2cnc3cc(-c4ccc5c(c4)OCCO5)ccn23)ccn1.c1ccc(Oc2ccc(-c3ccn4c(-c5ccncc5)cnc4c3)cc2)cc1. The number of ether oxygens (including phenoxy) is 4. The number of pyridine rings is 10. The fraction of sp³-hybridized carbons (Fsp3) is 0.130. The van der Waals surface area contributed by atoms with Gasteiger partial charge in [-0.05, 0) is 276 Å². The molecule has 1 fully saturated rings. The number of piperazine rings is 1. The number of para-hydroxylation sites is 1. The lowest BCUT2D eigenvalue weighted by Crippen LogP contribution is -2.44. The topological polar surface area (TPSA) is 194 Å². The molecule has 24 heteroatoms. The molecule has 1 saturated heterocycles. The van der Waals surface area contributed by atoms with Gasteiger partial charge in [0.05, 0.1) is 76.6 Å². The summed E-state index contributed by atoms with van der Waals surface area (Å²) in [4.78, 5) is 48.1. The van der Waals surface area contributed by atoms with Gasteiger partial charge in [0.25, 0.3) is 0 Å². The van der Waals surface area contributed by atoms with Crippen LogP contribution < -0.4 is 23.8 Å². The molecule has 7 aromatic carbocycles. The van der Waals surface area contributed by atoms with E-state index in [1.807, 2.05) is 195 Å². The Morgan fingerprint density at radius 2 is 0.676 bits per heavy atom. The van der Waals surface area contributed by atoms with Gasteiger partial charge in [-0.1, -0.05) is 112 Å². The predicted molar refractivity (Wildman–Crippen MR) is 543 cm³/mol. The Morgan fingerprint density at radius 1 is 0.317 bits per heavy atom. The Bertz CT molecular complexity index is 8010. The van der Waals surface area contributed by atoms with E-state index < -0.39 is 11.7 Å². The molecular weight excluding hydrogens is 1740 g/mol. The van der Waals surface area contributed by atoms with Gasteiger partial charge in [-0.2, -0.15) is 13.2 Å². The van der Waals surface area contributed by atoms with Gasteiger partial charge in [0.2, 0.25) is 0 Å². The van der Waals surface area contributed by atoms with Crippen molar-refractivity contribution >= 4 is 44.8 Å². The first-order chi connectivity index (χ1) is 67.8. The lowest BCUT2D eigenvalue weighted by atomic mass is 9.86. The number of halogens is 3. The highest BCUT2D eigenvalue weighted by Gasteiger charge is 2.31. The maximum atomic E-state index is 13.2. The van der Waals surface area contributed by atoms with Crippen molar-refractivity contribution in [3.8, 4) is 141 Å². The Labute approximate surface area is 801 Å². The summed E-state index contributed by atoms with van der Waals surface area (Å²) in [6.07, 6.45) is 31.2. The molecule has 0 bridgehead atoms. The second-order valence-corrected chi connectivity index (χ2v) is 35.1. The maximum Gasteiger partial charge on any atom is 0.416 e. The number of nitrogens with zero attached hydrogens (tertiary/aromatic N) is 17. The number of likely N-dealkylation sites (N-methyl/N-ethyl adjacent to an activating group) is 1. The monoisotopic (exact) mass is 1840 g/mol. The van der Waals surface area contributed by atoms with Gasteiger partial charge < -0.3 is 28.7 Å². The largest absolute Gasteiger partial charge is 0.491 e. The maximum absolute atomic E-state index is 13.2. The summed E-state index contributed by atoms with van der Waals surface area (Å²) in [6.45, 7) is 16.1. The van der Waals surface area contributed by atoms with Crippen molar-refractivity contribution in [1.29, 1.82) is 0 Å². The summed E-state index contributed by atoms with van der Waals surface area (Å²) in [5.41, 5.74) is 28.3. The van der Waals surface area contributed by atoms with Crippen LogP contribution in [0.25, 0.3) is 151 Å². The average molecular weight is 1840 g/mol. The summed E-state index contributed by atoms with van der Waals surface area (Å²) < 4.78 is 72.7. The minimum Gasteiger partial charge on any atom is -0.491 e. The first-order valence-electron chi connectivity index (χ1n) is 45.9. The van der Waals surface area contributed by atoms with E-state index in [0.717, 1.165) is 196 Å². The number of hydrogen-bond donors (Lipinski definition) is 0. The smallest absolute Gasteiger partial charge is 0.416 e. The Morgan fingerprint density at radius 3 is 1.09 bits per heavy atom. The first-order valence-corrected chi connectivity index (χ1v) is 45.9. The van der Waals surface area contributed by atoms with Crippen LogP contribution in [0.3, 0.4) is 0 Å². The minimum atomic E-state index is -4.41. The average Bonchev–Trinajstić information content (AvgIpc) is 1.65. The van der Waals surface area contributed by atoms with E-state index in [1.54, 1.807) is 55.8 Å². The highest BCUT2D eigenvalue weighted by atomic mass is 19.4. The molecule has 2 aliphatic heterocycles. The van der Waals surface area contributed by atoms with Gasteiger partial charge in [-0.15, -0.1) is 0 Å². The predicted octanol–water partition coefficient (Wildman–Crippen LogP) is 25.9. The highest BCUT2D eigenvalue weighted by molar-refractivity contribution is 5.94. The molecule has 24 rings (SSSR count). The molecule has 0 amide bonds. The van der Waals surface area contributed by atoms with Gasteiger partial charge in [0.1, 0.15) is 58.7 Å². The molecule has 0 radical (unpaired) electrons. The highest BCUT2D eigenvalue weighted by Crippen LogP contribution is 2.40. The van der Waals surface area contributed by atoms with E-state index in [-0.39, 0.29) is 11.5 Å². The normalized spacial score (nSPS) is 12.6. The zero-order valence-electron chi connectivity index (χ0n) is 77.2. The number of imidazole rings is 5. The van der Waals surface area contributed by atoms with E-state index in [9.17, 15) is 13.2 Å². The Balaban J connectivity index is 0.000000108. The molecule has 139 heavy (non-hydrogen) atoms. The molecule has 2 aliphatic rings. The molecule has 0 aliphatic carbocycles. The van der Waals surface area contributed by atoms with Crippen LogP contribution in [0.2, 0.25) is 0 Å². The van der Waals surface area contributed by atoms with Crippen molar-refractivity contribution in [3.05, 3.63) is 408 Å². The zero-order valence-corrected chi connectivity index (χ0v) is 77.2. The van der Waals surface area contributed by atoms with Crippen LogP contribution in [-0.2, 0) is 11.6 Å². The third-order valence-electron chi connectivity index (χ3n) is 24.6. The molecule has 0 spiro atoms. The third-order valence-corrected chi connectivity index (χ3v) is 24.6. The van der Waals surface area contributed by atoms with E-state index in [1.165, 1.54) is 34.6 Å². The molecule has 686 valence electrons. The number of alkyl halides is 3. The lowest BCUT2D eigenvalue weighted by Gasteiger charge is -2.34. The van der Waals surface area contributed by atoms with Gasteiger partial charge in [-0.3, -0.25) is 46.9 Å². The van der Waals surface area contributed by atoms with Crippen LogP contribution in [0.4, 0.5) is 18.9 Å². The fourth-order valence-electron chi connectivity index (χ4n) is 17.1. The standard InChI is InChI=1S/C28H24F3N5.C24H17N3O.C22H21N3.C21H19N3O.C20H15N3O2/c1-34-12-14-35(15-13-34)22-5-2-19(3-6-22)20-9-11-36-26(18-33-27(36)16-20)24-8-10-32-25-17-21(28(29,30)31)4-7-23(24)25;1-2-4-21(5-3-1)28-22-8-6-18(7-9-22)20-12-15-27-23(17-26-24(27)16-20)19-10-13-25-14-11-19;1-22(2,3)19-6-4-16(5-7-19)18-10-13-25-20(15-24-21(25)14-18)17-8-11-23-12-9-17;1-15(2)25-19-5-3-16(4-6-19)18-9-12-24-20(14-23-21(24)13-18)17-7-10-22-11-8-17;1-2-18-19(25-10-9-24-18)11-15(1)16-5-8-23-17(13-22-20(23)12-16)14-3-6-21-7-4-14/h2-11,16-18H,12-15H2,1H3;1-17H;4-15H,1-3H3;3-15H,1-2H3;1-8,11-13H,9-10H2. The van der Waals surface area contributed by atoms with Crippen molar-refractivity contribution in [2.45, 2.75) is 52.3 Å². The molecule has 0 saturated carbocycles.